The third-order valence-corrected chi connectivity index (χ3v) is 5.45. The van der Waals surface area contributed by atoms with Crippen molar-refractivity contribution in [2.24, 2.45) is 0 Å². The molecule has 0 saturated heterocycles. The van der Waals surface area contributed by atoms with Gasteiger partial charge in [-0.05, 0) is 24.3 Å². The second-order valence-corrected chi connectivity index (χ2v) is 7.95. The van der Waals surface area contributed by atoms with Gasteiger partial charge < -0.3 is 15.0 Å². The SMILES string of the molecule is CNC(=O)c1c(F)ccc(OC(C(=O)N(C)C)c2nc(-c3ccc(Cl)cc3)cs2)c1F. The van der Waals surface area contributed by atoms with E-state index in [1.165, 1.54) is 26.0 Å². The number of hydrogen-bond donors (Lipinski definition) is 1. The van der Waals surface area contributed by atoms with Gasteiger partial charge in [0, 0.05) is 37.1 Å². The molecule has 1 N–H and O–H groups in total. The number of rotatable bonds is 6. The van der Waals surface area contributed by atoms with Gasteiger partial charge in [0.15, 0.2) is 11.6 Å². The van der Waals surface area contributed by atoms with E-state index < -0.39 is 40.9 Å². The van der Waals surface area contributed by atoms with Crippen LogP contribution in [0.15, 0.2) is 41.8 Å². The largest absolute Gasteiger partial charge is 0.470 e. The summed E-state index contributed by atoms with van der Waals surface area (Å²) in [6.07, 6.45) is -1.29. The molecule has 0 spiro atoms. The van der Waals surface area contributed by atoms with E-state index >= 15 is 0 Å². The number of nitrogens with zero attached hydrogens (tertiary/aromatic N) is 2. The topological polar surface area (TPSA) is 71.5 Å². The summed E-state index contributed by atoms with van der Waals surface area (Å²) in [6.45, 7) is 0. The number of nitrogens with one attached hydrogen (secondary N) is 1. The molecule has 1 aromatic heterocycles. The molecule has 0 aliphatic rings. The summed E-state index contributed by atoms with van der Waals surface area (Å²) < 4.78 is 34.4. The molecule has 3 rings (SSSR count). The van der Waals surface area contributed by atoms with Crippen molar-refractivity contribution in [2.75, 3.05) is 21.1 Å². The predicted octanol–water partition coefficient (Wildman–Crippen LogP) is 4.31. The summed E-state index contributed by atoms with van der Waals surface area (Å²) in [5.41, 5.74) is 0.567. The third kappa shape index (κ3) is 4.83. The van der Waals surface area contributed by atoms with E-state index in [-0.39, 0.29) is 5.01 Å². The fraction of sp³-hybridized carbons (Fsp3) is 0.190. The van der Waals surface area contributed by atoms with Gasteiger partial charge in [-0.1, -0.05) is 23.7 Å². The zero-order valence-corrected chi connectivity index (χ0v) is 18.4. The van der Waals surface area contributed by atoms with Crippen LogP contribution in [0.25, 0.3) is 11.3 Å². The monoisotopic (exact) mass is 465 g/mol. The lowest BCUT2D eigenvalue weighted by atomic mass is 10.1. The van der Waals surface area contributed by atoms with Gasteiger partial charge in [0.05, 0.1) is 5.69 Å². The number of benzene rings is 2. The van der Waals surface area contributed by atoms with Crippen molar-refractivity contribution in [3.05, 3.63) is 69.0 Å². The number of thiazole rings is 1. The molecule has 0 saturated carbocycles. The molecule has 31 heavy (non-hydrogen) atoms. The van der Waals surface area contributed by atoms with Crippen LogP contribution in [0, 0.1) is 11.6 Å². The highest BCUT2D eigenvalue weighted by Gasteiger charge is 2.30. The number of halogens is 3. The minimum Gasteiger partial charge on any atom is -0.470 e. The molecule has 162 valence electrons. The standard InChI is InChI=1S/C21H18ClF2N3O3S/c1-25-19(28)16-13(23)8-9-15(17(16)24)30-18(21(29)27(2)3)20-26-14(10-31-20)11-4-6-12(22)7-5-11/h4-10,18H,1-3H3,(H,25,28). The molecule has 6 nitrogen and oxygen atoms in total. The maximum absolute atomic E-state index is 14.8. The van der Waals surface area contributed by atoms with E-state index in [0.717, 1.165) is 29.0 Å². The van der Waals surface area contributed by atoms with Crippen LogP contribution >= 0.6 is 22.9 Å². The molecular formula is C21H18ClF2N3O3S. The number of ether oxygens (including phenoxy) is 1. The molecule has 3 aromatic rings. The van der Waals surface area contributed by atoms with Crippen molar-refractivity contribution in [2.45, 2.75) is 6.10 Å². The van der Waals surface area contributed by atoms with Crippen molar-refractivity contribution < 1.29 is 23.1 Å². The van der Waals surface area contributed by atoms with E-state index in [1.54, 1.807) is 29.6 Å². The molecule has 2 amide bonds. The fourth-order valence-electron chi connectivity index (χ4n) is 2.69. The quantitative estimate of drug-likeness (QED) is 0.589. The Morgan fingerprint density at radius 3 is 2.45 bits per heavy atom. The van der Waals surface area contributed by atoms with Gasteiger partial charge in [-0.15, -0.1) is 11.3 Å². The van der Waals surface area contributed by atoms with E-state index in [4.69, 9.17) is 16.3 Å². The highest BCUT2D eigenvalue weighted by molar-refractivity contribution is 7.10. The van der Waals surface area contributed by atoms with Gasteiger partial charge in [0.1, 0.15) is 16.4 Å². The molecular weight excluding hydrogens is 448 g/mol. The van der Waals surface area contributed by atoms with E-state index in [2.05, 4.69) is 10.3 Å². The average Bonchev–Trinajstić information content (AvgIpc) is 3.23. The lowest BCUT2D eigenvalue weighted by Gasteiger charge is -2.21. The highest BCUT2D eigenvalue weighted by atomic mass is 35.5. The Morgan fingerprint density at radius 1 is 1.16 bits per heavy atom. The minimum atomic E-state index is -1.29. The van der Waals surface area contributed by atoms with Crippen LogP contribution in [0.1, 0.15) is 21.5 Å². The Bertz CT molecular complexity index is 1120. The van der Waals surface area contributed by atoms with Gasteiger partial charge >= 0.3 is 0 Å². The van der Waals surface area contributed by atoms with Crippen LogP contribution in [0.2, 0.25) is 5.02 Å². The van der Waals surface area contributed by atoms with E-state index in [1.807, 2.05) is 0 Å². The second kappa shape index (κ2) is 9.40. The summed E-state index contributed by atoms with van der Waals surface area (Å²) in [4.78, 5) is 30.3. The zero-order valence-electron chi connectivity index (χ0n) is 16.8. The van der Waals surface area contributed by atoms with Crippen molar-refractivity contribution in [3.63, 3.8) is 0 Å². The molecule has 0 aliphatic heterocycles. The molecule has 0 radical (unpaired) electrons. The number of carbonyl (C=O) groups is 2. The maximum Gasteiger partial charge on any atom is 0.270 e. The van der Waals surface area contributed by atoms with Crippen molar-refractivity contribution in [1.82, 2.24) is 15.2 Å². The molecule has 1 heterocycles. The lowest BCUT2D eigenvalue weighted by molar-refractivity contribution is -0.136. The summed E-state index contributed by atoms with van der Waals surface area (Å²) >= 11 is 7.07. The second-order valence-electron chi connectivity index (χ2n) is 6.62. The van der Waals surface area contributed by atoms with Crippen molar-refractivity contribution in [3.8, 4) is 17.0 Å². The molecule has 0 aliphatic carbocycles. The van der Waals surface area contributed by atoms with Gasteiger partial charge in [0.2, 0.25) is 6.10 Å². The summed E-state index contributed by atoms with van der Waals surface area (Å²) in [5.74, 6) is -4.13. The van der Waals surface area contributed by atoms with Crippen LogP contribution < -0.4 is 10.1 Å². The Morgan fingerprint density at radius 2 is 1.84 bits per heavy atom. The molecule has 1 unspecified atom stereocenters. The Balaban J connectivity index is 2.00. The third-order valence-electron chi connectivity index (χ3n) is 4.31. The first kappa shape index (κ1) is 22.6. The molecule has 0 fully saturated rings. The van der Waals surface area contributed by atoms with E-state index in [0.29, 0.717) is 10.7 Å². The first-order valence-electron chi connectivity index (χ1n) is 9.02. The summed E-state index contributed by atoms with van der Waals surface area (Å²) in [6, 6.07) is 8.91. The molecule has 2 aromatic carbocycles. The molecule has 0 bridgehead atoms. The van der Waals surface area contributed by atoms with Crippen molar-refractivity contribution in [1.29, 1.82) is 0 Å². The normalized spacial score (nSPS) is 11.7. The van der Waals surface area contributed by atoms with Crippen molar-refractivity contribution >= 4 is 34.8 Å². The summed E-state index contributed by atoms with van der Waals surface area (Å²) in [5, 5.41) is 4.75. The van der Waals surface area contributed by atoms with Crippen LogP contribution in [0.4, 0.5) is 8.78 Å². The number of carbonyl (C=O) groups excluding carboxylic acids is 2. The van der Waals surface area contributed by atoms with Crippen LogP contribution in [-0.2, 0) is 4.79 Å². The number of aromatic nitrogens is 1. The van der Waals surface area contributed by atoms with Gasteiger partial charge in [0.25, 0.3) is 11.8 Å². The summed E-state index contributed by atoms with van der Waals surface area (Å²) in [7, 11) is 4.29. The minimum absolute atomic E-state index is 0.272. The Hall–Kier alpha value is -3.04. The van der Waals surface area contributed by atoms with Gasteiger partial charge in [-0.2, -0.15) is 0 Å². The van der Waals surface area contributed by atoms with Gasteiger partial charge in [-0.25, -0.2) is 13.8 Å². The zero-order chi connectivity index (χ0) is 22.7. The lowest BCUT2D eigenvalue weighted by Crippen LogP contribution is -2.32. The number of amides is 2. The maximum atomic E-state index is 14.8. The predicted molar refractivity (Wildman–Crippen MR) is 114 cm³/mol. The fourth-order valence-corrected chi connectivity index (χ4v) is 3.66. The van der Waals surface area contributed by atoms with Gasteiger partial charge in [-0.3, -0.25) is 9.59 Å². The number of likely N-dealkylation sites (N-methyl/N-ethyl adjacent to an activating group) is 1. The first-order chi connectivity index (χ1) is 14.7. The molecule has 10 heteroatoms. The van der Waals surface area contributed by atoms with E-state index in [9.17, 15) is 18.4 Å². The average molecular weight is 466 g/mol. The first-order valence-corrected chi connectivity index (χ1v) is 10.3. The highest BCUT2D eigenvalue weighted by Crippen LogP contribution is 2.32. The number of hydrogen-bond acceptors (Lipinski definition) is 5. The van der Waals surface area contributed by atoms with Crippen LogP contribution in [0.3, 0.4) is 0 Å². The van der Waals surface area contributed by atoms with Crippen LogP contribution in [-0.4, -0.2) is 42.8 Å². The van der Waals surface area contributed by atoms with Crippen LogP contribution in [0.5, 0.6) is 5.75 Å². The Labute approximate surface area is 186 Å². The smallest absolute Gasteiger partial charge is 0.270 e. The molecule has 1 atom stereocenters. The Kier molecular flexibility index (Phi) is 6.87.